The van der Waals surface area contributed by atoms with Crippen LogP contribution in [0.15, 0.2) is 36.4 Å². The third-order valence-corrected chi connectivity index (χ3v) is 4.06. The van der Waals surface area contributed by atoms with Gasteiger partial charge in [-0.15, -0.1) is 0 Å². The van der Waals surface area contributed by atoms with Crippen molar-refractivity contribution in [2.45, 2.75) is 25.7 Å². The molecule has 0 amide bonds. The predicted molar refractivity (Wildman–Crippen MR) is 82.2 cm³/mol. The number of carboxylic acid groups (broad SMARTS) is 2. The Bertz CT molecular complexity index is 762. The lowest BCUT2D eigenvalue weighted by Crippen LogP contribution is -1.99. The molecule has 3 rings (SSSR count). The van der Waals surface area contributed by atoms with Crippen molar-refractivity contribution in [2.75, 3.05) is 0 Å². The summed E-state index contributed by atoms with van der Waals surface area (Å²) in [6, 6.07) is 11.4. The molecule has 4 heteroatoms. The Kier molecular flexibility index (Phi) is 3.67. The van der Waals surface area contributed by atoms with Gasteiger partial charge in [-0.1, -0.05) is 30.3 Å². The fourth-order valence-electron chi connectivity index (χ4n) is 3.09. The first-order chi connectivity index (χ1) is 10.6. The van der Waals surface area contributed by atoms with E-state index in [4.69, 9.17) is 5.11 Å². The molecule has 1 aliphatic carbocycles. The molecule has 0 aromatic heterocycles. The second kappa shape index (κ2) is 5.64. The first-order valence-electron chi connectivity index (χ1n) is 7.25. The highest BCUT2D eigenvalue weighted by atomic mass is 16.4. The van der Waals surface area contributed by atoms with Gasteiger partial charge in [0.25, 0.3) is 0 Å². The third-order valence-electron chi connectivity index (χ3n) is 4.06. The second-order valence-corrected chi connectivity index (χ2v) is 5.56. The van der Waals surface area contributed by atoms with Gasteiger partial charge in [0.1, 0.15) is 0 Å². The highest BCUT2D eigenvalue weighted by Crippen LogP contribution is 2.39. The van der Waals surface area contributed by atoms with Crippen LogP contribution < -0.4 is 0 Å². The van der Waals surface area contributed by atoms with Crippen molar-refractivity contribution in [3.63, 3.8) is 0 Å². The Morgan fingerprint density at radius 1 is 1.05 bits per heavy atom. The van der Waals surface area contributed by atoms with E-state index in [2.05, 4.69) is 6.07 Å². The molecule has 0 bridgehead atoms. The number of aromatic carboxylic acids is 1. The summed E-state index contributed by atoms with van der Waals surface area (Å²) in [4.78, 5) is 22.0. The molecule has 0 atom stereocenters. The van der Waals surface area contributed by atoms with Crippen LogP contribution in [0.5, 0.6) is 0 Å². The molecule has 2 aromatic rings. The largest absolute Gasteiger partial charge is 0.481 e. The SMILES string of the molecule is O=C(O)CCCc1ccc2c(c1)Cc1cccc(C(=O)O)c1-2. The van der Waals surface area contributed by atoms with E-state index in [0.29, 0.717) is 12.0 Å². The van der Waals surface area contributed by atoms with Crippen molar-refractivity contribution in [1.29, 1.82) is 0 Å². The number of hydrogen-bond donors (Lipinski definition) is 2. The molecule has 2 N–H and O–H groups in total. The summed E-state index contributed by atoms with van der Waals surface area (Å²) >= 11 is 0. The molecule has 0 radical (unpaired) electrons. The Hall–Kier alpha value is -2.62. The molecule has 0 fully saturated rings. The molecule has 0 aliphatic heterocycles. The first-order valence-corrected chi connectivity index (χ1v) is 7.25. The van der Waals surface area contributed by atoms with E-state index in [-0.39, 0.29) is 6.42 Å². The van der Waals surface area contributed by atoms with Crippen molar-refractivity contribution >= 4 is 11.9 Å². The van der Waals surface area contributed by atoms with Gasteiger partial charge in [0, 0.05) is 6.42 Å². The maximum Gasteiger partial charge on any atom is 0.336 e. The van der Waals surface area contributed by atoms with Crippen LogP contribution in [-0.4, -0.2) is 22.2 Å². The number of fused-ring (bicyclic) bond motifs is 3. The number of carbonyl (C=O) groups is 2. The minimum Gasteiger partial charge on any atom is -0.481 e. The van der Waals surface area contributed by atoms with Crippen LogP contribution in [0, 0.1) is 0 Å². The van der Waals surface area contributed by atoms with Crippen LogP contribution in [-0.2, 0) is 17.6 Å². The fourth-order valence-corrected chi connectivity index (χ4v) is 3.09. The first kappa shape index (κ1) is 14.3. The minimum atomic E-state index is -0.907. The monoisotopic (exact) mass is 296 g/mol. The van der Waals surface area contributed by atoms with Crippen molar-refractivity contribution in [3.05, 3.63) is 58.7 Å². The normalized spacial score (nSPS) is 11.8. The van der Waals surface area contributed by atoms with Crippen LogP contribution in [0.25, 0.3) is 11.1 Å². The Balaban J connectivity index is 1.90. The van der Waals surface area contributed by atoms with E-state index in [1.54, 1.807) is 12.1 Å². The van der Waals surface area contributed by atoms with Crippen molar-refractivity contribution in [2.24, 2.45) is 0 Å². The summed E-state index contributed by atoms with van der Waals surface area (Å²) in [5.41, 5.74) is 5.41. The number of benzene rings is 2. The maximum atomic E-state index is 11.4. The van der Waals surface area contributed by atoms with Gasteiger partial charge in [0.2, 0.25) is 0 Å². The van der Waals surface area contributed by atoms with Crippen molar-refractivity contribution < 1.29 is 19.8 Å². The molecule has 112 valence electrons. The highest BCUT2D eigenvalue weighted by Gasteiger charge is 2.23. The summed E-state index contributed by atoms with van der Waals surface area (Å²) in [6.45, 7) is 0. The summed E-state index contributed by atoms with van der Waals surface area (Å²) in [7, 11) is 0. The minimum absolute atomic E-state index is 0.167. The number of aliphatic carboxylic acids is 1. The lowest BCUT2D eigenvalue weighted by molar-refractivity contribution is -0.137. The van der Waals surface area contributed by atoms with Gasteiger partial charge in [-0.25, -0.2) is 4.79 Å². The van der Waals surface area contributed by atoms with E-state index in [9.17, 15) is 14.7 Å². The molecule has 1 aliphatic rings. The Labute approximate surface area is 128 Å². The van der Waals surface area contributed by atoms with Crippen LogP contribution in [0.1, 0.15) is 39.9 Å². The summed E-state index contributed by atoms with van der Waals surface area (Å²) in [5.74, 6) is -1.69. The van der Waals surface area contributed by atoms with Crippen LogP contribution in [0.2, 0.25) is 0 Å². The average molecular weight is 296 g/mol. The summed E-state index contributed by atoms with van der Waals surface area (Å²) < 4.78 is 0. The van der Waals surface area contributed by atoms with E-state index < -0.39 is 11.9 Å². The third kappa shape index (κ3) is 2.60. The number of rotatable bonds is 5. The van der Waals surface area contributed by atoms with E-state index in [1.165, 1.54) is 0 Å². The fraction of sp³-hybridized carbons (Fsp3) is 0.222. The van der Waals surface area contributed by atoms with Gasteiger partial charge in [-0.3, -0.25) is 4.79 Å². The van der Waals surface area contributed by atoms with Gasteiger partial charge < -0.3 is 10.2 Å². The van der Waals surface area contributed by atoms with Gasteiger partial charge in [0.05, 0.1) is 5.56 Å². The predicted octanol–water partition coefficient (Wildman–Crippen LogP) is 3.36. The van der Waals surface area contributed by atoms with Gasteiger partial charge in [-0.2, -0.15) is 0 Å². The molecule has 0 unspecified atom stereocenters. The average Bonchev–Trinajstić information content (AvgIpc) is 2.84. The maximum absolute atomic E-state index is 11.4. The topological polar surface area (TPSA) is 74.6 Å². The zero-order valence-corrected chi connectivity index (χ0v) is 12.0. The van der Waals surface area contributed by atoms with Crippen LogP contribution >= 0.6 is 0 Å². The molecule has 22 heavy (non-hydrogen) atoms. The number of carboxylic acids is 2. The second-order valence-electron chi connectivity index (χ2n) is 5.56. The molecule has 0 spiro atoms. The van der Waals surface area contributed by atoms with Gasteiger partial charge in [-0.05, 0) is 53.1 Å². The standard InChI is InChI=1S/C18H16O4/c19-16(20)6-1-3-11-7-8-14-13(9-11)10-12-4-2-5-15(17(12)14)18(21)22/h2,4-5,7-9H,1,3,6,10H2,(H,19,20)(H,21,22). The van der Waals surface area contributed by atoms with Crippen molar-refractivity contribution in [1.82, 2.24) is 0 Å². The van der Waals surface area contributed by atoms with Crippen molar-refractivity contribution in [3.8, 4) is 11.1 Å². The lowest BCUT2D eigenvalue weighted by Gasteiger charge is -2.07. The molecular weight excluding hydrogens is 280 g/mol. The van der Waals surface area contributed by atoms with E-state index in [0.717, 1.165) is 40.7 Å². The summed E-state index contributed by atoms with van der Waals surface area (Å²) in [6.07, 6.45) is 2.24. The molecule has 0 heterocycles. The molecule has 0 saturated heterocycles. The number of aryl methyl sites for hydroxylation is 1. The van der Waals surface area contributed by atoms with Gasteiger partial charge in [0.15, 0.2) is 0 Å². The van der Waals surface area contributed by atoms with Crippen LogP contribution in [0.4, 0.5) is 0 Å². The lowest BCUT2D eigenvalue weighted by atomic mass is 9.97. The quantitative estimate of drug-likeness (QED) is 0.757. The van der Waals surface area contributed by atoms with Crippen LogP contribution in [0.3, 0.4) is 0 Å². The van der Waals surface area contributed by atoms with Gasteiger partial charge >= 0.3 is 11.9 Å². The Morgan fingerprint density at radius 2 is 1.86 bits per heavy atom. The zero-order valence-electron chi connectivity index (χ0n) is 12.0. The Morgan fingerprint density at radius 3 is 2.59 bits per heavy atom. The molecular formula is C18H16O4. The number of hydrogen-bond acceptors (Lipinski definition) is 2. The van der Waals surface area contributed by atoms with E-state index >= 15 is 0 Å². The highest BCUT2D eigenvalue weighted by molar-refractivity contribution is 5.99. The zero-order chi connectivity index (χ0) is 15.7. The summed E-state index contributed by atoms with van der Waals surface area (Å²) in [5, 5.41) is 18.0. The molecule has 2 aromatic carbocycles. The molecule has 0 saturated carbocycles. The molecule has 4 nitrogen and oxygen atoms in total. The van der Waals surface area contributed by atoms with E-state index in [1.807, 2.05) is 18.2 Å². The smallest absolute Gasteiger partial charge is 0.336 e.